The highest BCUT2D eigenvalue weighted by molar-refractivity contribution is 7.70. The second kappa shape index (κ2) is 12.8. The van der Waals surface area contributed by atoms with Crippen molar-refractivity contribution in [3.63, 3.8) is 0 Å². The van der Waals surface area contributed by atoms with Crippen LogP contribution in [-0.2, 0) is 23.9 Å². The van der Waals surface area contributed by atoms with Crippen molar-refractivity contribution in [2.24, 2.45) is 11.8 Å². The summed E-state index contributed by atoms with van der Waals surface area (Å²) in [7, 11) is -2.69. The molecule has 3 aliphatic rings. The normalized spacial score (nSPS) is 24.3. The lowest BCUT2D eigenvalue weighted by molar-refractivity contribution is 0.0889. The van der Waals surface area contributed by atoms with Crippen LogP contribution in [0, 0.1) is 17.7 Å². The lowest BCUT2D eigenvalue weighted by Crippen LogP contribution is -2.44. The first-order valence-electron chi connectivity index (χ1n) is 14.8. The number of piperidine rings is 1. The van der Waals surface area contributed by atoms with Gasteiger partial charge in [0.1, 0.15) is 5.82 Å². The maximum atomic E-state index is 14.5. The number of nitrogens with one attached hydrogen (secondary N) is 2. The molecule has 0 amide bonds. The van der Waals surface area contributed by atoms with E-state index in [0.29, 0.717) is 19.0 Å². The molecule has 1 saturated carbocycles. The highest BCUT2D eigenvalue weighted by atomic mass is 32.2. The molecule has 0 unspecified atom stereocenters. The average molecular weight is 548 g/mol. The SMILES string of the molecule is CC(C)C1CCC(N2CCC(n3c(CCNN[SH](=O)=O)c(CN4CCCC4)c4cc(F)ccc43)CC2)CC1. The number of hydrazine groups is 1. The third-order valence-corrected chi connectivity index (χ3v) is 9.83. The van der Waals surface area contributed by atoms with Gasteiger partial charge in [-0.3, -0.25) is 4.90 Å². The van der Waals surface area contributed by atoms with Crippen LogP contribution in [0.5, 0.6) is 0 Å². The summed E-state index contributed by atoms with van der Waals surface area (Å²) < 4.78 is 39.1. The predicted molar refractivity (Wildman–Crippen MR) is 152 cm³/mol. The van der Waals surface area contributed by atoms with Gasteiger partial charge in [-0.1, -0.05) is 13.8 Å². The van der Waals surface area contributed by atoms with E-state index in [1.807, 2.05) is 6.07 Å². The number of rotatable bonds is 10. The van der Waals surface area contributed by atoms with E-state index in [-0.39, 0.29) is 5.82 Å². The van der Waals surface area contributed by atoms with Gasteiger partial charge in [-0.15, -0.1) is 0 Å². The third kappa shape index (κ3) is 6.44. The Morgan fingerprint density at radius 2 is 1.68 bits per heavy atom. The summed E-state index contributed by atoms with van der Waals surface area (Å²) >= 11 is 0. The van der Waals surface area contributed by atoms with Crippen molar-refractivity contribution in [2.75, 3.05) is 32.7 Å². The summed E-state index contributed by atoms with van der Waals surface area (Å²) in [6.45, 7) is 10.4. The molecule has 2 aliphatic heterocycles. The molecular weight excluding hydrogens is 501 g/mol. The second-order valence-electron chi connectivity index (χ2n) is 12.1. The molecule has 0 radical (unpaired) electrons. The number of thiol groups is 1. The van der Waals surface area contributed by atoms with Gasteiger partial charge in [0.25, 0.3) is 0 Å². The van der Waals surface area contributed by atoms with E-state index in [1.54, 1.807) is 12.1 Å². The van der Waals surface area contributed by atoms with Crippen LogP contribution in [0.15, 0.2) is 18.2 Å². The van der Waals surface area contributed by atoms with E-state index in [0.717, 1.165) is 74.3 Å². The van der Waals surface area contributed by atoms with E-state index in [4.69, 9.17) is 0 Å². The van der Waals surface area contributed by atoms with Crippen molar-refractivity contribution in [3.05, 3.63) is 35.3 Å². The number of likely N-dealkylation sites (tertiary alicyclic amines) is 2. The van der Waals surface area contributed by atoms with E-state index < -0.39 is 10.9 Å². The Morgan fingerprint density at radius 3 is 2.34 bits per heavy atom. The maximum absolute atomic E-state index is 14.5. The number of halogens is 1. The number of benzene rings is 1. The van der Waals surface area contributed by atoms with Gasteiger partial charge in [0.05, 0.1) is 0 Å². The van der Waals surface area contributed by atoms with Crippen molar-refractivity contribution in [1.82, 2.24) is 24.6 Å². The van der Waals surface area contributed by atoms with Crippen LogP contribution in [0.3, 0.4) is 0 Å². The number of hydrogen-bond acceptors (Lipinski definition) is 5. The molecule has 3 heterocycles. The zero-order chi connectivity index (χ0) is 26.6. The first kappa shape index (κ1) is 28.0. The van der Waals surface area contributed by atoms with Gasteiger partial charge in [-0.05, 0) is 100 Å². The Bertz CT molecular complexity index is 1140. The molecule has 5 rings (SSSR count). The molecule has 1 aromatic carbocycles. The molecule has 1 aromatic heterocycles. The molecule has 7 nitrogen and oxygen atoms in total. The fourth-order valence-electron chi connectivity index (χ4n) is 7.38. The number of aromatic nitrogens is 1. The van der Waals surface area contributed by atoms with Crippen LogP contribution in [0.2, 0.25) is 0 Å². The van der Waals surface area contributed by atoms with Crippen molar-refractivity contribution < 1.29 is 12.8 Å². The van der Waals surface area contributed by atoms with Crippen molar-refractivity contribution in [2.45, 2.75) is 90.3 Å². The first-order chi connectivity index (χ1) is 18.4. The van der Waals surface area contributed by atoms with Crippen LogP contribution in [-0.4, -0.2) is 61.6 Å². The van der Waals surface area contributed by atoms with Crippen LogP contribution >= 0.6 is 0 Å². The molecule has 0 atom stereocenters. The average Bonchev–Trinajstić information content (AvgIpc) is 3.53. The Labute approximate surface area is 229 Å². The summed E-state index contributed by atoms with van der Waals surface area (Å²) in [6, 6.07) is 6.35. The standard InChI is InChI=1S/C29H46FN5O2S/c1-21(2)22-5-8-24(9-6-22)34-17-12-25(13-18-34)35-28-10-7-23(30)19-26(28)27(20-33-15-3-4-16-33)29(35)11-14-31-32-38(36)37/h7,10,19,21-22,24-25,31,38H,3-6,8-9,11-18,20H2,1-2H3,(H,32,36,37). The van der Waals surface area contributed by atoms with Crippen LogP contribution < -0.4 is 10.3 Å². The molecule has 3 fully saturated rings. The van der Waals surface area contributed by atoms with Crippen molar-refractivity contribution in [3.8, 4) is 0 Å². The Morgan fingerprint density at radius 1 is 0.974 bits per heavy atom. The summed E-state index contributed by atoms with van der Waals surface area (Å²) in [6.07, 6.45) is 10.7. The first-order valence-corrected chi connectivity index (χ1v) is 16.0. The molecule has 2 N–H and O–H groups in total. The Hall–Kier alpha value is -1.52. The highest BCUT2D eigenvalue weighted by Gasteiger charge is 2.32. The Balaban J connectivity index is 1.38. The van der Waals surface area contributed by atoms with Gasteiger partial charge >= 0.3 is 0 Å². The second-order valence-corrected chi connectivity index (χ2v) is 12.8. The number of nitrogens with zero attached hydrogens (tertiary/aromatic N) is 3. The number of hydrogen-bond donors (Lipinski definition) is 3. The molecule has 38 heavy (non-hydrogen) atoms. The van der Waals surface area contributed by atoms with E-state index in [9.17, 15) is 12.8 Å². The minimum atomic E-state index is -2.69. The Kier molecular flexibility index (Phi) is 9.42. The van der Waals surface area contributed by atoms with Crippen molar-refractivity contribution in [1.29, 1.82) is 0 Å². The molecule has 2 aromatic rings. The van der Waals surface area contributed by atoms with Gasteiger partial charge < -0.3 is 9.47 Å². The zero-order valence-electron chi connectivity index (χ0n) is 23.1. The molecule has 9 heteroatoms. The van der Waals surface area contributed by atoms with Crippen molar-refractivity contribution >= 4 is 21.8 Å². The van der Waals surface area contributed by atoms with Gasteiger partial charge in [-0.25, -0.2) is 18.2 Å². The van der Waals surface area contributed by atoms with Crippen LogP contribution in [0.25, 0.3) is 10.9 Å². The topological polar surface area (TPSA) is 69.6 Å². The van der Waals surface area contributed by atoms with Gasteiger partial charge in [-0.2, -0.15) is 4.83 Å². The highest BCUT2D eigenvalue weighted by Crippen LogP contribution is 2.38. The smallest absolute Gasteiger partial charge is 0.214 e. The van der Waals surface area contributed by atoms with Gasteiger partial charge in [0.15, 0.2) is 0 Å². The largest absolute Gasteiger partial charge is 0.341 e. The quantitative estimate of drug-likeness (QED) is 0.234. The predicted octanol–water partition coefficient (Wildman–Crippen LogP) is 4.39. The molecule has 1 aliphatic carbocycles. The lowest BCUT2D eigenvalue weighted by atomic mass is 9.79. The molecular formula is C29H46FN5O2S. The fourth-order valence-corrected chi connectivity index (χ4v) is 7.62. The maximum Gasteiger partial charge on any atom is 0.214 e. The molecule has 212 valence electrons. The van der Waals surface area contributed by atoms with E-state index >= 15 is 0 Å². The minimum Gasteiger partial charge on any atom is -0.341 e. The van der Waals surface area contributed by atoms with Gasteiger partial charge in [0.2, 0.25) is 10.9 Å². The minimum absolute atomic E-state index is 0.196. The third-order valence-electron chi connectivity index (χ3n) is 9.48. The zero-order valence-corrected chi connectivity index (χ0v) is 24.0. The van der Waals surface area contributed by atoms with Gasteiger partial charge in [0, 0.05) is 61.3 Å². The molecule has 0 bridgehead atoms. The fraction of sp³-hybridized carbons (Fsp3) is 0.724. The van der Waals surface area contributed by atoms with Crippen LogP contribution in [0.4, 0.5) is 4.39 Å². The summed E-state index contributed by atoms with van der Waals surface area (Å²) in [5.74, 6) is 1.48. The van der Waals surface area contributed by atoms with E-state index in [2.05, 4.69) is 38.5 Å². The summed E-state index contributed by atoms with van der Waals surface area (Å²) in [5, 5.41) is 1.02. The van der Waals surface area contributed by atoms with E-state index in [1.165, 1.54) is 49.8 Å². The summed E-state index contributed by atoms with van der Waals surface area (Å²) in [4.78, 5) is 7.53. The number of fused-ring (bicyclic) bond motifs is 1. The summed E-state index contributed by atoms with van der Waals surface area (Å²) in [5.41, 5.74) is 6.40. The molecule has 2 saturated heterocycles. The monoisotopic (exact) mass is 547 g/mol. The van der Waals surface area contributed by atoms with Crippen LogP contribution in [0.1, 0.15) is 82.5 Å². The molecule has 0 spiro atoms. The lowest BCUT2D eigenvalue weighted by Gasteiger charge is -2.42.